The smallest absolute Gasteiger partial charge is 1.00 e. The molecule has 40 heavy (non-hydrogen) atoms. The van der Waals surface area contributed by atoms with Gasteiger partial charge in [-0.1, -0.05) is 139 Å². The molecule has 0 aliphatic heterocycles. The van der Waals surface area contributed by atoms with E-state index in [0.717, 1.165) is 38.5 Å². The fourth-order valence-corrected chi connectivity index (χ4v) is 5.74. The van der Waals surface area contributed by atoms with Crippen molar-refractivity contribution >= 4 is 26.1 Å². The zero-order chi connectivity index (χ0) is 28.5. The van der Waals surface area contributed by atoms with Gasteiger partial charge in [-0.15, -0.1) is 0 Å². The van der Waals surface area contributed by atoms with Crippen LogP contribution in [0.15, 0.2) is 10.3 Å². The molecule has 0 bridgehead atoms. The second-order valence-corrected chi connectivity index (χ2v) is 13.6. The van der Waals surface area contributed by atoms with Crippen LogP contribution in [0, 0.1) is 0 Å². The van der Waals surface area contributed by atoms with Gasteiger partial charge in [0.15, 0.2) is 10.9 Å². The van der Waals surface area contributed by atoms with Crippen LogP contribution in [0.3, 0.4) is 0 Å². The number of hydrogen-bond donors (Lipinski definition) is 6. The Labute approximate surface area is 289 Å². The summed E-state index contributed by atoms with van der Waals surface area (Å²) in [5, 5.41) is 22.7. The maximum absolute atomic E-state index is 11.0. The van der Waals surface area contributed by atoms with E-state index in [4.69, 9.17) is 30.0 Å². The Morgan fingerprint density at radius 3 is 0.675 bits per heavy atom. The predicted octanol–water partition coefficient (Wildman–Crippen LogP) is 2.51. The standard InChI is InChI=1S/C26H54N2O8P2.2Na.2H/c29-27-25(37(31,32)33)23-21-19-17-15-13-11-9-7-5-3-1-2-4-6-8-10-12-14-16-18-20-22-24-26(28-30)38(34,35)36;;;;/h29-30H,1-24H2,(H2,31,32,33)(H2,34,35,36);;;;/q;2*+1;2*-1/b27-25-,28-26-;;;;. The molecule has 0 unspecified atom stereocenters. The van der Waals surface area contributed by atoms with Crippen LogP contribution >= 0.6 is 15.2 Å². The third-order valence-corrected chi connectivity index (χ3v) is 8.93. The summed E-state index contributed by atoms with van der Waals surface area (Å²) in [5.74, 6) is 0. The van der Waals surface area contributed by atoms with Crippen molar-refractivity contribution in [3.63, 3.8) is 0 Å². The maximum atomic E-state index is 11.0. The molecular weight excluding hydrogens is 576 g/mol. The fourth-order valence-electron chi connectivity index (χ4n) is 4.61. The van der Waals surface area contributed by atoms with Crippen molar-refractivity contribution in [1.29, 1.82) is 0 Å². The molecule has 10 nitrogen and oxygen atoms in total. The third-order valence-electron chi connectivity index (χ3n) is 6.95. The maximum Gasteiger partial charge on any atom is 1.00 e. The van der Waals surface area contributed by atoms with E-state index in [0.29, 0.717) is 12.8 Å². The normalized spacial score (nSPS) is 12.7. The van der Waals surface area contributed by atoms with E-state index in [1.165, 1.54) is 89.9 Å². The van der Waals surface area contributed by atoms with Gasteiger partial charge < -0.3 is 32.8 Å². The van der Waals surface area contributed by atoms with Crippen LogP contribution in [0.1, 0.15) is 157 Å². The van der Waals surface area contributed by atoms with Gasteiger partial charge in [0, 0.05) is 12.8 Å². The summed E-state index contributed by atoms with van der Waals surface area (Å²) in [6.45, 7) is 0. The van der Waals surface area contributed by atoms with E-state index < -0.39 is 26.1 Å². The minimum atomic E-state index is -4.40. The second kappa shape index (κ2) is 30.3. The Balaban J connectivity index is -0.00000114. The zero-order valence-electron chi connectivity index (χ0n) is 27.3. The molecule has 230 valence electrons. The number of oxime groups is 2. The van der Waals surface area contributed by atoms with Crippen LogP contribution in [-0.2, 0) is 9.13 Å². The van der Waals surface area contributed by atoms with Crippen LogP contribution in [0.25, 0.3) is 0 Å². The molecule has 6 N–H and O–H groups in total. The quantitative estimate of drug-likeness (QED) is 0.0200. The zero-order valence-corrected chi connectivity index (χ0v) is 31.0. The molecule has 0 saturated carbocycles. The SMILES string of the molecule is O=P(O)(O)/C(CCCCCCCCCCCCCCCCCCCCCCCC/C(=N/O)P(=O)(O)O)=N\O.[H-].[H-].[Na+].[Na+]. The molecule has 0 atom stereocenters. The minimum absolute atomic E-state index is 0. The van der Waals surface area contributed by atoms with Crippen LogP contribution in [0.2, 0.25) is 0 Å². The van der Waals surface area contributed by atoms with Crippen molar-refractivity contribution in [2.45, 2.75) is 154 Å². The molecule has 0 radical (unpaired) electrons. The summed E-state index contributed by atoms with van der Waals surface area (Å²) < 4.78 is 22.1. The van der Waals surface area contributed by atoms with Gasteiger partial charge >= 0.3 is 74.3 Å². The summed E-state index contributed by atoms with van der Waals surface area (Å²) >= 11 is 0. The summed E-state index contributed by atoms with van der Waals surface area (Å²) in [7, 11) is -8.80. The van der Waals surface area contributed by atoms with Crippen molar-refractivity contribution in [2.24, 2.45) is 10.3 Å². The van der Waals surface area contributed by atoms with E-state index >= 15 is 0 Å². The molecule has 0 heterocycles. The van der Waals surface area contributed by atoms with Gasteiger partial charge in [0.1, 0.15) is 0 Å². The number of rotatable bonds is 27. The summed E-state index contributed by atoms with van der Waals surface area (Å²) in [6, 6.07) is 0. The topological polar surface area (TPSA) is 180 Å². The second-order valence-electron chi connectivity index (χ2n) is 10.4. The Morgan fingerprint density at radius 2 is 0.550 bits per heavy atom. The first-order chi connectivity index (χ1) is 18.1. The van der Waals surface area contributed by atoms with Gasteiger partial charge in [0.25, 0.3) is 0 Å². The first-order valence-electron chi connectivity index (χ1n) is 14.7. The van der Waals surface area contributed by atoms with E-state index in [-0.39, 0.29) is 74.8 Å². The van der Waals surface area contributed by atoms with Crippen LogP contribution in [-0.4, -0.2) is 40.9 Å². The van der Waals surface area contributed by atoms with E-state index in [2.05, 4.69) is 10.3 Å². The third kappa shape index (κ3) is 29.3. The van der Waals surface area contributed by atoms with Gasteiger partial charge in [0.2, 0.25) is 0 Å². The van der Waals surface area contributed by atoms with Crippen LogP contribution < -0.4 is 59.1 Å². The Kier molecular flexibility index (Phi) is 34.6. The molecule has 0 spiro atoms. The average Bonchev–Trinajstić information content (AvgIpc) is 2.84. The van der Waals surface area contributed by atoms with E-state index in [9.17, 15) is 9.13 Å². The van der Waals surface area contributed by atoms with Crippen molar-refractivity contribution in [2.75, 3.05) is 0 Å². The first kappa shape index (κ1) is 45.7. The van der Waals surface area contributed by atoms with E-state index in [1.807, 2.05) is 0 Å². The molecule has 0 aromatic rings. The number of nitrogens with zero attached hydrogens (tertiary/aromatic N) is 2. The van der Waals surface area contributed by atoms with Crippen LogP contribution in [0.5, 0.6) is 0 Å². The van der Waals surface area contributed by atoms with Gasteiger partial charge in [-0.2, -0.15) is 0 Å². The molecule has 0 aromatic carbocycles. The fraction of sp³-hybridized carbons (Fsp3) is 0.923. The molecule has 0 aromatic heterocycles. The van der Waals surface area contributed by atoms with Crippen molar-refractivity contribution in [1.82, 2.24) is 0 Å². The van der Waals surface area contributed by atoms with Gasteiger partial charge in [-0.3, -0.25) is 9.13 Å². The predicted molar refractivity (Wildman–Crippen MR) is 156 cm³/mol. The summed E-state index contributed by atoms with van der Waals surface area (Å²) in [4.78, 5) is 35.9. The Bertz CT molecular complexity index is 685. The minimum Gasteiger partial charge on any atom is -1.00 e. The van der Waals surface area contributed by atoms with Crippen molar-refractivity contribution in [3.05, 3.63) is 0 Å². The molecule has 0 saturated heterocycles. The molecule has 0 amide bonds. The van der Waals surface area contributed by atoms with Crippen LogP contribution in [0.4, 0.5) is 0 Å². The van der Waals surface area contributed by atoms with Gasteiger partial charge in [0.05, 0.1) is 0 Å². The van der Waals surface area contributed by atoms with Gasteiger partial charge in [-0.05, 0) is 12.8 Å². The molecule has 0 aliphatic rings. The Hall–Kier alpha value is 1.24. The largest absolute Gasteiger partial charge is 1.00 e. The summed E-state index contributed by atoms with van der Waals surface area (Å²) in [5.41, 5.74) is -0.823. The molecule has 0 aliphatic carbocycles. The number of hydrogen-bond acceptors (Lipinski definition) is 6. The molecule has 0 rings (SSSR count). The molecule has 14 heteroatoms. The van der Waals surface area contributed by atoms with Gasteiger partial charge in [-0.25, -0.2) is 0 Å². The molecular formula is C26H56N2Na2O8P2. The van der Waals surface area contributed by atoms with Crippen molar-refractivity contribution in [3.8, 4) is 0 Å². The monoisotopic (exact) mass is 632 g/mol. The van der Waals surface area contributed by atoms with E-state index in [1.54, 1.807) is 0 Å². The average molecular weight is 633 g/mol. The number of unbranched alkanes of at least 4 members (excludes halogenated alkanes) is 21. The summed E-state index contributed by atoms with van der Waals surface area (Å²) in [6.07, 6.45) is 25.8. The first-order valence-corrected chi connectivity index (χ1v) is 17.9. The Morgan fingerprint density at radius 1 is 0.400 bits per heavy atom. The molecule has 0 fully saturated rings. The van der Waals surface area contributed by atoms with Crippen molar-refractivity contribution < 1.29 is 101 Å².